The lowest BCUT2D eigenvalue weighted by Gasteiger charge is -2.15. The summed E-state index contributed by atoms with van der Waals surface area (Å²) in [5.74, 6) is 2.32. The molecule has 142 valence electrons. The standard InChI is InChI=1S/C21H23BrN2O3/c1-13-11-17(13)19-8-5-16(27-19)6-9-21(26)24(3)12-20(25)23-18-7-4-15(22)10-14(18)2/h4-10,13,17H,11-12H2,1-3H3,(H,23,25)/b9-6+. The monoisotopic (exact) mass is 430 g/mol. The molecule has 1 aliphatic carbocycles. The molecule has 1 N–H and O–H groups in total. The molecule has 6 heteroatoms. The highest BCUT2D eigenvalue weighted by atomic mass is 79.9. The minimum Gasteiger partial charge on any atom is -0.461 e. The van der Waals surface area contributed by atoms with E-state index >= 15 is 0 Å². The van der Waals surface area contributed by atoms with E-state index in [1.165, 1.54) is 11.0 Å². The zero-order valence-corrected chi connectivity index (χ0v) is 17.2. The number of benzene rings is 1. The smallest absolute Gasteiger partial charge is 0.246 e. The minimum absolute atomic E-state index is 0.0261. The Kier molecular flexibility index (Phi) is 5.85. The van der Waals surface area contributed by atoms with Gasteiger partial charge in [-0.3, -0.25) is 9.59 Å². The van der Waals surface area contributed by atoms with Crippen LogP contribution in [0.25, 0.3) is 6.08 Å². The largest absolute Gasteiger partial charge is 0.461 e. The number of nitrogens with one attached hydrogen (secondary N) is 1. The van der Waals surface area contributed by atoms with Crippen molar-refractivity contribution in [3.8, 4) is 0 Å². The van der Waals surface area contributed by atoms with E-state index in [0.29, 0.717) is 17.6 Å². The van der Waals surface area contributed by atoms with Gasteiger partial charge in [0.15, 0.2) is 0 Å². The van der Waals surface area contributed by atoms with Gasteiger partial charge in [0.25, 0.3) is 0 Å². The third-order valence-corrected chi connectivity index (χ3v) is 5.23. The quantitative estimate of drug-likeness (QED) is 0.681. The second-order valence-corrected chi connectivity index (χ2v) is 8.01. The molecule has 2 atom stereocenters. The number of rotatable bonds is 6. The highest BCUT2D eigenvalue weighted by molar-refractivity contribution is 9.10. The number of halogens is 1. The van der Waals surface area contributed by atoms with Crippen LogP contribution in [0, 0.1) is 12.8 Å². The second kappa shape index (κ2) is 8.13. The van der Waals surface area contributed by atoms with Gasteiger partial charge in [0.05, 0.1) is 6.54 Å². The maximum atomic E-state index is 12.2. The van der Waals surface area contributed by atoms with Crippen LogP contribution >= 0.6 is 15.9 Å². The van der Waals surface area contributed by atoms with E-state index in [2.05, 4.69) is 28.2 Å². The summed E-state index contributed by atoms with van der Waals surface area (Å²) in [6.07, 6.45) is 4.23. The van der Waals surface area contributed by atoms with E-state index in [-0.39, 0.29) is 18.4 Å². The van der Waals surface area contributed by atoms with Gasteiger partial charge >= 0.3 is 0 Å². The summed E-state index contributed by atoms with van der Waals surface area (Å²) in [6.45, 7) is 4.08. The number of carbonyl (C=O) groups excluding carboxylic acids is 2. The molecule has 0 aliphatic heterocycles. The summed E-state index contributed by atoms with van der Waals surface area (Å²) in [4.78, 5) is 25.8. The highest BCUT2D eigenvalue weighted by Crippen LogP contribution is 2.47. The number of hydrogen-bond donors (Lipinski definition) is 1. The molecule has 1 aliphatic rings. The third-order valence-electron chi connectivity index (χ3n) is 4.73. The molecule has 27 heavy (non-hydrogen) atoms. The van der Waals surface area contributed by atoms with E-state index in [0.717, 1.165) is 27.9 Å². The van der Waals surface area contributed by atoms with Crippen molar-refractivity contribution in [2.24, 2.45) is 5.92 Å². The number of furan rings is 1. The Balaban J connectivity index is 1.52. The predicted molar refractivity (Wildman–Crippen MR) is 109 cm³/mol. The fourth-order valence-corrected chi connectivity index (χ4v) is 3.38. The zero-order chi connectivity index (χ0) is 19.6. The summed E-state index contributed by atoms with van der Waals surface area (Å²) >= 11 is 3.39. The van der Waals surface area contributed by atoms with E-state index in [9.17, 15) is 9.59 Å². The summed E-state index contributed by atoms with van der Waals surface area (Å²) < 4.78 is 6.70. The molecule has 2 unspecified atom stereocenters. The summed E-state index contributed by atoms with van der Waals surface area (Å²) in [5.41, 5.74) is 1.68. The van der Waals surface area contributed by atoms with Gasteiger partial charge in [-0.05, 0) is 61.2 Å². The molecular formula is C21H23BrN2O3. The number of aryl methyl sites for hydroxylation is 1. The molecule has 1 saturated carbocycles. The fourth-order valence-electron chi connectivity index (χ4n) is 2.91. The molecule has 5 nitrogen and oxygen atoms in total. The topological polar surface area (TPSA) is 62.6 Å². The second-order valence-electron chi connectivity index (χ2n) is 7.09. The van der Waals surface area contributed by atoms with Gasteiger partial charge in [0.1, 0.15) is 11.5 Å². The van der Waals surface area contributed by atoms with E-state index in [1.54, 1.807) is 13.1 Å². The van der Waals surface area contributed by atoms with Crippen LogP contribution in [0.15, 0.2) is 45.3 Å². The lowest BCUT2D eigenvalue weighted by Crippen LogP contribution is -2.34. The van der Waals surface area contributed by atoms with Crippen molar-refractivity contribution in [2.45, 2.75) is 26.2 Å². The zero-order valence-electron chi connectivity index (χ0n) is 15.7. The van der Waals surface area contributed by atoms with Gasteiger partial charge in [-0.25, -0.2) is 0 Å². The minimum atomic E-state index is -0.254. The fraction of sp³-hybridized carbons (Fsp3) is 0.333. The molecule has 1 heterocycles. The van der Waals surface area contributed by atoms with Gasteiger partial charge < -0.3 is 14.6 Å². The number of amides is 2. The van der Waals surface area contributed by atoms with Crippen molar-refractivity contribution in [2.75, 3.05) is 18.9 Å². The Morgan fingerprint density at radius 3 is 2.74 bits per heavy atom. The van der Waals surface area contributed by atoms with Crippen LogP contribution in [0.5, 0.6) is 0 Å². The molecule has 0 radical (unpaired) electrons. The summed E-state index contributed by atoms with van der Waals surface area (Å²) in [5, 5.41) is 2.83. The van der Waals surface area contributed by atoms with Crippen molar-refractivity contribution < 1.29 is 14.0 Å². The maximum Gasteiger partial charge on any atom is 0.246 e. The Labute approximate surface area is 167 Å². The molecule has 0 bridgehead atoms. The Morgan fingerprint density at radius 1 is 1.33 bits per heavy atom. The van der Waals surface area contributed by atoms with Crippen molar-refractivity contribution in [3.63, 3.8) is 0 Å². The Bertz CT molecular complexity index is 887. The lowest BCUT2D eigenvalue weighted by atomic mass is 10.2. The first-order valence-corrected chi connectivity index (χ1v) is 9.71. The number of likely N-dealkylation sites (N-methyl/N-ethyl adjacent to an activating group) is 1. The molecule has 2 aromatic rings. The molecule has 2 amide bonds. The average Bonchev–Trinajstić information content (AvgIpc) is 3.16. The van der Waals surface area contributed by atoms with Crippen LogP contribution in [-0.4, -0.2) is 30.3 Å². The first-order valence-electron chi connectivity index (χ1n) is 8.92. The molecule has 1 aromatic heterocycles. The van der Waals surface area contributed by atoms with Gasteiger partial charge in [0.2, 0.25) is 11.8 Å². The van der Waals surface area contributed by atoms with Crippen molar-refractivity contribution in [1.29, 1.82) is 0 Å². The van der Waals surface area contributed by atoms with Gasteiger partial charge in [-0.1, -0.05) is 22.9 Å². The van der Waals surface area contributed by atoms with E-state index in [4.69, 9.17) is 4.42 Å². The molecule has 0 saturated heterocycles. The van der Waals surface area contributed by atoms with E-state index < -0.39 is 0 Å². The average molecular weight is 431 g/mol. The van der Waals surface area contributed by atoms with E-state index in [1.807, 2.05) is 37.3 Å². The molecule has 1 fully saturated rings. The number of nitrogens with zero attached hydrogens (tertiary/aromatic N) is 1. The molecule has 1 aromatic carbocycles. The summed E-state index contributed by atoms with van der Waals surface area (Å²) in [6, 6.07) is 9.45. The van der Waals surface area contributed by atoms with Crippen LogP contribution in [0.1, 0.15) is 36.3 Å². The first-order chi connectivity index (χ1) is 12.8. The highest BCUT2D eigenvalue weighted by Gasteiger charge is 2.36. The molecular weight excluding hydrogens is 408 g/mol. The Hall–Kier alpha value is -2.34. The van der Waals surface area contributed by atoms with Crippen molar-refractivity contribution in [1.82, 2.24) is 4.90 Å². The third kappa shape index (κ3) is 5.10. The lowest BCUT2D eigenvalue weighted by molar-refractivity contribution is -0.129. The normalized spacial score (nSPS) is 18.5. The van der Waals surface area contributed by atoms with Crippen molar-refractivity contribution in [3.05, 3.63) is 58.0 Å². The van der Waals surface area contributed by atoms with Crippen LogP contribution in [-0.2, 0) is 9.59 Å². The SMILES string of the molecule is Cc1cc(Br)ccc1NC(=O)CN(C)C(=O)/C=C/c1ccc(C2CC2C)o1. The first kappa shape index (κ1) is 19.4. The summed E-state index contributed by atoms with van der Waals surface area (Å²) in [7, 11) is 1.60. The predicted octanol–water partition coefficient (Wildman–Crippen LogP) is 4.58. The Morgan fingerprint density at radius 2 is 2.07 bits per heavy atom. The van der Waals surface area contributed by atoms with Crippen LogP contribution < -0.4 is 5.32 Å². The van der Waals surface area contributed by atoms with Gasteiger partial charge in [0, 0.05) is 29.2 Å². The van der Waals surface area contributed by atoms with Crippen LogP contribution in [0.3, 0.4) is 0 Å². The number of anilines is 1. The maximum absolute atomic E-state index is 12.2. The number of carbonyl (C=O) groups is 2. The van der Waals surface area contributed by atoms with Crippen molar-refractivity contribution >= 4 is 39.5 Å². The molecule has 3 rings (SSSR count). The molecule has 0 spiro atoms. The van der Waals surface area contributed by atoms with Crippen LogP contribution in [0.2, 0.25) is 0 Å². The van der Waals surface area contributed by atoms with Gasteiger partial charge in [-0.2, -0.15) is 0 Å². The van der Waals surface area contributed by atoms with Gasteiger partial charge in [-0.15, -0.1) is 0 Å². The van der Waals surface area contributed by atoms with Crippen LogP contribution in [0.4, 0.5) is 5.69 Å². The number of hydrogen-bond acceptors (Lipinski definition) is 3.